The fourth-order valence-electron chi connectivity index (χ4n) is 1.05. The zero-order valence-corrected chi connectivity index (χ0v) is 9.47. The topological polar surface area (TPSA) is 46.5 Å². The van der Waals surface area contributed by atoms with Gasteiger partial charge >= 0.3 is 12.1 Å². The second kappa shape index (κ2) is 5.48. The first-order valence-electron chi connectivity index (χ1n) is 4.75. The van der Waals surface area contributed by atoms with Crippen LogP contribution in [0, 0.1) is 0 Å². The highest BCUT2D eigenvalue weighted by Crippen LogP contribution is 2.35. The van der Waals surface area contributed by atoms with E-state index in [2.05, 4.69) is 11.3 Å². The van der Waals surface area contributed by atoms with Gasteiger partial charge in [-0.15, -0.1) is 0 Å². The summed E-state index contributed by atoms with van der Waals surface area (Å²) in [5.74, 6) is -0.888. The fourth-order valence-corrected chi connectivity index (χ4v) is 1.05. The van der Waals surface area contributed by atoms with Crippen molar-refractivity contribution in [2.45, 2.75) is 38.1 Å². The number of halogens is 4. The van der Waals surface area contributed by atoms with Crippen molar-refractivity contribution in [1.29, 1.82) is 0 Å². The minimum Gasteiger partial charge on any atom is -0.459 e. The lowest BCUT2D eigenvalue weighted by Gasteiger charge is -2.29. The van der Waals surface area contributed by atoms with Gasteiger partial charge in [-0.2, -0.15) is 13.2 Å². The van der Waals surface area contributed by atoms with Crippen LogP contribution in [0.25, 0.3) is 0 Å². The quantitative estimate of drug-likeness (QED) is 0.467. The highest BCUT2D eigenvalue weighted by atomic mass is 19.4. The number of rotatable bonds is 5. The maximum Gasteiger partial charge on any atom is 0.419 e. The van der Waals surface area contributed by atoms with Gasteiger partial charge in [-0.25, -0.2) is 9.18 Å². The first-order valence-corrected chi connectivity index (χ1v) is 4.75. The molecule has 1 N–H and O–H groups in total. The second-order valence-corrected chi connectivity index (χ2v) is 3.86. The molecule has 0 aliphatic carbocycles. The summed E-state index contributed by atoms with van der Waals surface area (Å²) in [6, 6.07) is 0. The van der Waals surface area contributed by atoms with E-state index in [0.717, 1.165) is 6.92 Å². The van der Waals surface area contributed by atoms with Gasteiger partial charge in [0.05, 0.1) is 0 Å². The molecule has 3 nitrogen and oxygen atoms in total. The van der Waals surface area contributed by atoms with Gasteiger partial charge in [0.25, 0.3) is 0 Å². The van der Waals surface area contributed by atoms with E-state index >= 15 is 0 Å². The Morgan fingerprint density at radius 3 is 2.24 bits per heavy atom. The van der Waals surface area contributed by atoms with Crippen LogP contribution < -0.4 is 0 Å². The Morgan fingerprint density at radius 1 is 1.47 bits per heavy atom. The summed E-state index contributed by atoms with van der Waals surface area (Å²) in [4.78, 5) is 11.0. The first-order chi connectivity index (χ1) is 7.53. The van der Waals surface area contributed by atoms with Crippen LogP contribution in [-0.4, -0.2) is 35.6 Å². The van der Waals surface area contributed by atoms with Gasteiger partial charge in [-0.3, -0.25) is 0 Å². The molecule has 0 rings (SSSR count). The molecule has 0 bridgehead atoms. The second-order valence-electron chi connectivity index (χ2n) is 3.86. The van der Waals surface area contributed by atoms with E-state index in [-0.39, 0.29) is 5.57 Å². The van der Waals surface area contributed by atoms with Crippen molar-refractivity contribution in [3.63, 3.8) is 0 Å². The number of hydrogen-bond acceptors (Lipinski definition) is 3. The Morgan fingerprint density at radius 2 is 1.94 bits per heavy atom. The van der Waals surface area contributed by atoms with Crippen LogP contribution in [0.15, 0.2) is 12.2 Å². The maximum absolute atomic E-state index is 12.3. The van der Waals surface area contributed by atoms with E-state index in [1.807, 2.05) is 0 Å². The molecule has 0 fully saturated rings. The van der Waals surface area contributed by atoms with Crippen molar-refractivity contribution in [2.24, 2.45) is 0 Å². The fraction of sp³-hybridized carbons (Fsp3) is 0.700. The summed E-state index contributed by atoms with van der Waals surface area (Å²) >= 11 is 0. The Balaban J connectivity index is 4.60. The van der Waals surface area contributed by atoms with E-state index in [4.69, 9.17) is 5.11 Å². The summed E-state index contributed by atoms with van der Waals surface area (Å²) in [6.45, 7) is 3.70. The van der Waals surface area contributed by atoms with Gasteiger partial charge in [0.15, 0.2) is 5.60 Å². The van der Waals surface area contributed by atoms with Crippen LogP contribution in [0.3, 0.4) is 0 Å². The number of esters is 1. The molecule has 0 heterocycles. The Labute approximate surface area is 96.1 Å². The molecule has 0 spiro atoms. The van der Waals surface area contributed by atoms with Crippen LogP contribution >= 0.6 is 0 Å². The number of ether oxygens (including phenoxy) is 1. The van der Waals surface area contributed by atoms with Crippen LogP contribution in [-0.2, 0) is 9.53 Å². The Bertz CT molecular complexity index is 300. The zero-order valence-electron chi connectivity index (χ0n) is 9.47. The molecule has 0 aromatic heterocycles. The average molecular weight is 258 g/mol. The zero-order chi connectivity index (χ0) is 13.9. The third kappa shape index (κ3) is 4.33. The minimum atomic E-state index is -5.12. The molecule has 0 aliphatic heterocycles. The standard InChI is InChI=1S/C10H14F4O3/c1-6(2)8(15)17-7(3)4-9(16,5-11)10(12,13)14/h7,16H,1,4-5H2,2-3H3. The van der Waals surface area contributed by atoms with Gasteiger partial charge in [-0.05, 0) is 13.8 Å². The molecular weight excluding hydrogens is 244 g/mol. The molecule has 0 amide bonds. The first kappa shape index (κ1) is 15.9. The van der Waals surface area contributed by atoms with Crippen LogP contribution in [0.1, 0.15) is 20.3 Å². The lowest BCUT2D eigenvalue weighted by Crippen LogP contribution is -2.49. The van der Waals surface area contributed by atoms with E-state index in [1.165, 1.54) is 6.92 Å². The molecular formula is C10H14F4O3. The lowest BCUT2D eigenvalue weighted by molar-refractivity contribution is -0.272. The molecule has 2 atom stereocenters. The summed E-state index contributed by atoms with van der Waals surface area (Å²) in [5.41, 5.74) is -3.49. The Hall–Kier alpha value is -1.11. The van der Waals surface area contributed by atoms with Crippen molar-refractivity contribution in [1.82, 2.24) is 0 Å². The summed E-state index contributed by atoms with van der Waals surface area (Å²) in [7, 11) is 0. The highest BCUT2D eigenvalue weighted by molar-refractivity contribution is 5.87. The van der Waals surface area contributed by atoms with Gasteiger partial charge in [0.1, 0.15) is 12.8 Å². The summed E-state index contributed by atoms with van der Waals surface area (Å²) < 4.78 is 53.7. The van der Waals surface area contributed by atoms with Crippen LogP contribution in [0.5, 0.6) is 0 Å². The predicted molar refractivity (Wildman–Crippen MR) is 52.0 cm³/mol. The molecule has 0 aliphatic rings. The molecule has 17 heavy (non-hydrogen) atoms. The number of carbonyl (C=O) groups excluding carboxylic acids is 1. The number of aliphatic hydroxyl groups is 1. The van der Waals surface area contributed by atoms with E-state index in [1.54, 1.807) is 0 Å². The molecule has 0 aromatic rings. The van der Waals surface area contributed by atoms with Crippen molar-refractivity contribution in [2.75, 3.05) is 6.67 Å². The molecule has 0 radical (unpaired) electrons. The highest BCUT2D eigenvalue weighted by Gasteiger charge is 2.54. The summed E-state index contributed by atoms with van der Waals surface area (Å²) in [5, 5.41) is 9.06. The monoisotopic (exact) mass is 258 g/mol. The van der Waals surface area contributed by atoms with Crippen molar-refractivity contribution >= 4 is 5.97 Å². The average Bonchev–Trinajstić information content (AvgIpc) is 2.15. The molecule has 0 saturated heterocycles. The molecule has 0 aromatic carbocycles. The van der Waals surface area contributed by atoms with E-state index in [0.29, 0.717) is 0 Å². The Kier molecular flexibility index (Phi) is 5.12. The van der Waals surface area contributed by atoms with Gasteiger partial charge in [0, 0.05) is 12.0 Å². The summed E-state index contributed by atoms with van der Waals surface area (Å²) in [6.07, 6.45) is -7.46. The minimum absolute atomic E-state index is 0.00708. The van der Waals surface area contributed by atoms with Gasteiger partial charge in [0.2, 0.25) is 0 Å². The number of alkyl halides is 4. The molecule has 0 saturated carbocycles. The van der Waals surface area contributed by atoms with E-state index < -0.39 is 36.9 Å². The van der Waals surface area contributed by atoms with Crippen molar-refractivity contribution in [3.05, 3.63) is 12.2 Å². The third-order valence-corrected chi connectivity index (χ3v) is 2.03. The number of hydrogen-bond donors (Lipinski definition) is 1. The third-order valence-electron chi connectivity index (χ3n) is 2.03. The largest absolute Gasteiger partial charge is 0.459 e. The molecule has 7 heteroatoms. The smallest absolute Gasteiger partial charge is 0.419 e. The lowest BCUT2D eigenvalue weighted by atomic mass is 9.97. The van der Waals surface area contributed by atoms with Gasteiger partial charge in [-0.1, -0.05) is 6.58 Å². The van der Waals surface area contributed by atoms with Crippen LogP contribution in [0.2, 0.25) is 0 Å². The van der Waals surface area contributed by atoms with E-state index in [9.17, 15) is 22.4 Å². The number of carbonyl (C=O) groups is 1. The van der Waals surface area contributed by atoms with Crippen LogP contribution in [0.4, 0.5) is 17.6 Å². The maximum atomic E-state index is 12.3. The van der Waals surface area contributed by atoms with Crippen molar-refractivity contribution < 1.29 is 32.2 Å². The normalized spacial score (nSPS) is 17.1. The van der Waals surface area contributed by atoms with Crippen molar-refractivity contribution in [3.8, 4) is 0 Å². The SMILES string of the molecule is C=C(C)C(=O)OC(C)CC(O)(CF)C(F)(F)F. The molecule has 100 valence electrons. The van der Waals surface area contributed by atoms with Gasteiger partial charge < -0.3 is 9.84 Å². The molecule has 2 unspecified atom stereocenters. The predicted octanol–water partition coefficient (Wildman–Crippen LogP) is 2.15.